The average molecular weight is 495 g/mol. The van der Waals surface area contributed by atoms with Crippen LogP contribution >= 0.6 is 11.3 Å². The second-order valence-corrected chi connectivity index (χ2v) is 12.1. The van der Waals surface area contributed by atoms with E-state index in [1.807, 2.05) is 0 Å². The molecule has 1 aliphatic carbocycles. The molecule has 1 fully saturated rings. The highest BCUT2D eigenvalue weighted by Gasteiger charge is 2.33. The third kappa shape index (κ3) is 5.38. The van der Waals surface area contributed by atoms with Crippen LogP contribution in [-0.4, -0.2) is 43.9 Å². The summed E-state index contributed by atoms with van der Waals surface area (Å²) in [5.74, 6) is -1.00. The lowest BCUT2D eigenvalue weighted by Crippen LogP contribution is -2.37. The van der Waals surface area contributed by atoms with Gasteiger partial charge in [0.25, 0.3) is 11.8 Å². The van der Waals surface area contributed by atoms with E-state index in [0.29, 0.717) is 22.9 Å². The average Bonchev–Trinajstić information content (AvgIpc) is 3.27. The summed E-state index contributed by atoms with van der Waals surface area (Å²) in [5, 5.41) is 6.06. The Morgan fingerprint density at radius 2 is 2.00 bits per heavy atom. The molecule has 178 valence electrons. The van der Waals surface area contributed by atoms with Crippen LogP contribution in [0.3, 0.4) is 0 Å². The van der Waals surface area contributed by atoms with Crippen LogP contribution < -0.4 is 15.4 Å². The van der Waals surface area contributed by atoms with Crippen molar-refractivity contribution in [2.24, 2.45) is 5.92 Å². The van der Waals surface area contributed by atoms with Gasteiger partial charge in [0.1, 0.15) is 5.00 Å². The third-order valence-electron chi connectivity index (χ3n) is 6.05. The number of anilines is 1. The Bertz CT molecular complexity index is 1180. The molecule has 1 saturated heterocycles. The molecule has 1 aromatic heterocycles. The van der Waals surface area contributed by atoms with Gasteiger partial charge >= 0.3 is 0 Å². The SMILES string of the molecule is C[C@@H]1CCc2c(sc(NC(=O)[C@H](C)Oc3ccccc3F)c2C(=O)N[C@@H]2CCS(=O)(=O)C2)C1. The van der Waals surface area contributed by atoms with Crippen LogP contribution in [-0.2, 0) is 27.5 Å². The Balaban J connectivity index is 1.55. The van der Waals surface area contributed by atoms with Crippen LogP contribution in [0.25, 0.3) is 0 Å². The number of hydrogen-bond donors (Lipinski definition) is 2. The summed E-state index contributed by atoms with van der Waals surface area (Å²) in [7, 11) is -3.14. The highest BCUT2D eigenvalue weighted by Crippen LogP contribution is 2.40. The molecule has 7 nitrogen and oxygen atoms in total. The van der Waals surface area contributed by atoms with Crippen LogP contribution in [0.5, 0.6) is 5.75 Å². The van der Waals surface area contributed by atoms with E-state index < -0.39 is 33.7 Å². The quantitative estimate of drug-likeness (QED) is 0.642. The van der Waals surface area contributed by atoms with Gasteiger partial charge in [-0.3, -0.25) is 9.59 Å². The van der Waals surface area contributed by atoms with Gasteiger partial charge in [-0.05, 0) is 56.2 Å². The molecule has 2 amide bonds. The number of sulfone groups is 1. The molecule has 4 rings (SSSR count). The van der Waals surface area contributed by atoms with Crippen molar-refractivity contribution in [3.8, 4) is 5.75 Å². The van der Waals surface area contributed by atoms with Crippen LogP contribution in [0, 0.1) is 11.7 Å². The molecule has 0 bridgehead atoms. The molecule has 10 heteroatoms. The summed E-state index contributed by atoms with van der Waals surface area (Å²) in [5.41, 5.74) is 1.31. The van der Waals surface area contributed by atoms with Crippen LogP contribution in [0.1, 0.15) is 47.5 Å². The van der Waals surface area contributed by atoms with Crippen molar-refractivity contribution in [2.75, 3.05) is 16.8 Å². The number of thiophene rings is 1. The molecule has 1 aromatic carbocycles. The number of rotatable bonds is 6. The van der Waals surface area contributed by atoms with Gasteiger partial charge in [0.2, 0.25) is 0 Å². The molecule has 0 spiro atoms. The third-order valence-corrected chi connectivity index (χ3v) is 8.99. The van der Waals surface area contributed by atoms with Crippen molar-refractivity contribution in [3.05, 3.63) is 46.1 Å². The largest absolute Gasteiger partial charge is 0.478 e. The van der Waals surface area contributed by atoms with E-state index in [0.717, 1.165) is 29.7 Å². The van der Waals surface area contributed by atoms with E-state index in [4.69, 9.17) is 4.74 Å². The van der Waals surface area contributed by atoms with Gasteiger partial charge in [-0.2, -0.15) is 0 Å². The molecular weight excluding hydrogens is 467 g/mol. The number of fused-ring (bicyclic) bond motifs is 1. The van der Waals surface area contributed by atoms with Crippen molar-refractivity contribution < 1.29 is 27.1 Å². The maximum absolute atomic E-state index is 13.9. The zero-order valence-electron chi connectivity index (χ0n) is 18.5. The van der Waals surface area contributed by atoms with Crippen molar-refractivity contribution in [1.82, 2.24) is 5.32 Å². The Morgan fingerprint density at radius 1 is 1.24 bits per heavy atom. The first-order valence-electron chi connectivity index (χ1n) is 11.0. The van der Waals surface area contributed by atoms with E-state index in [9.17, 15) is 22.4 Å². The Hall–Kier alpha value is -2.46. The molecule has 0 unspecified atom stereocenters. The fourth-order valence-corrected chi connectivity index (χ4v) is 7.33. The summed E-state index contributed by atoms with van der Waals surface area (Å²) in [6.45, 7) is 3.66. The minimum Gasteiger partial charge on any atom is -0.478 e. The summed E-state index contributed by atoms with van der Waals surface area (Å²) < 4.78 is 43.0. The summed E-state index contributed by atoms with van der Waals surface area (Å²) in [6, 6.07) is 5.40. The normalized spacial score (nSPS) is 22.3. The monoisotopic (exact) mass is 494 g/mol. The number of carbonyl (C=O) groups is 2. The van der Waals surface area contributed by atoms with Crippen molar-refractivity contribution >= 4 is 38.0 Å². The second kappa shape index (κ2) is 9.42. The molecule has 2 heterocycles. The van der Waals surface area contributed by atoms with Crippen LogP contribution in [0.4, 0.5) is 9.39 Å². The van der Waals surface area contributed by atoms with Gasteiger partial charge < -0.3 is 15.4 Å². The first-order valence-corrected chi connectivity index (χ1v) is 13.6. The summed E-state index contributed by atoms with van der Waals surface area (Å²) in [4.78, 5) is 27.1. The van der Waals surface area contributed by atoms with Crippen molar-refractivity contribution in [1.29, 1.82) is 0 Å². The maximum atomic E-state index is 13.9. The Kier molecular flexibility index (Phi) is 6.76. The number of para-hydroxylation sites is 1. The smallest absolute Gasteiger partial charge is 0.265 e. The Morgan fingerprint density at radius 3 is 2.70 bits per heavy atom. The second-order valence-electron chi connectivity index (χ2n) is 8.81. The lowest BCUT2D eigenvalue weighted by molar-refractivity contribution is -0.122. The summed E-state index contributed by atoms with van der Waals surface area (Å²) in [6.07, 6.45) is 1.86. The van der Waals surface area contributed by atoms with E-state index >= 15 is 0 Å². The number of carbonyl (C=O) groups excluding carboxylic acids is 2. The fraction of sp³-hybridized carbons (Fsp3) is 0.478. The van der Waals surface area contributed by atoms with E-state index in [2.05, 4.69) is 17.6 Å². The van der Waals surface area contributed by atoms with E-state index in [1.165, 1.54) is 36.5 Å². The van der Waals surface area contributed by atoms with Gasteiger partial charge in [0.05, 0.1) is 17.1 Å². The first kappa shape index (κ1) is 23.7. The van der Waals surface area contributed by atoms with Crippen LogP contribution in [0.2, 0.25) is 0 Å². The van der Waals surface area contributed by atoms with Crippen molar-refractivity contribution in [3.63, 3.8) is 0 Å². The highest BCUT2D eigenvalue weighted by atomic mass is 32.2. The van der Waals surface area contributed by atoms with Gasteiger partial charge in [0.15, 0.2) is 27.5 Å². The minimum atomic E-state index is -3.14. The molecule has 1 aliphatic heterocycles. The molecule has 3 atom stereocenters. The number of amides is 2. The Labute approximate surface area is 196 Å². The van der Waals surface area contributed by atoms with Crippen LogP contribution in [0.15, 0.2) is 24.3 Å². The fourth-order valence-electron chi connectivity index (χ4n) is 4.24. The number of benzene rings is 1. The zero-order chi connectivity index (χ0) is 23.8. The summed E-state index contributed by atoms with van der Waals surface area (Å²) >= 11 is 1.37. The standard InChI is InChI=1S/C23H27FN2O5S2/c1-13-7-8-16-19(11-13)32-23(20(16)22(28)25-15-9-10-33(29,30)12-15)26-21(27)14(2)31-18-6-4-3-5-17(18)24/h3-6,13-15H,7-12H2,1-2H3,(H,25,28)(H,26,27)/t13-,14+,15-/m1/s1. The first-order chi connectivity index (χ1) is 15.6. The molecule has 0 saturated carbocycles. The number of nitrogens with one attached hydrogen (secondary N) is 2. The predicted octanol–water partition coefficient (Wildman–Crippen LogP) is 3.33. The molecular formula is C23H27FN2O5S2. The number of halogens is 1. The number of hydrogen-bond acceptors (Lipinski definition) is 6. The molecule has 2 N–H and O–H groups in total. The van der Waals surface area contributed by atoms with Gasteiger partial charge in [-0.15, -0.1) is 11.3 Å². The van der Waals surface area contributed by atoms with Gasteiger partial charge in [-0.25, -0.2) is 12.8 Å². The lowest BCUT2D eigenvalue weighted by Gasteiger charge is -2.19. The minimum absolute atomic E-state index is 0.0279. The highest BCUT2D eigenvalue weighted by molar-refractivity contribution is 7.91. The van der Waals surface area contributed by atoms with Gasteiger partial charge in [-0.1, -0.05) is 19.1 Å². The van der Waals surface area contributed by atoms with Gasteiger partial charge in [0, 0.05) is 10.9 Å². The van der Waals surface area contributed by atoms with E-state index in [1.54, 1.807) is 6.07 Å². The molecule has 2 aliphatic rings. The van der Waals surface area contributed by atoms with E-state index in [-0.39, 0.29) is 23.2 Å². The zero-order valence-corrected chi connectivity index (χ0v) is 20.2. The molecule has 0 radical (unpaired) electrons. The predicted molar refractivity (Wildman–Crippen MR) is 125 cm³/mol. The van der Waals surface area contributed by atoms with Crippen molar-refractivity contribution in [2.45, 2.75) is 51.7 Å². The molecule has 2 aromatic rings. The number of ether oxygens (including phenoxy) is 1. The lowest BCUT2D eigenvalue weighted by atomic mass is 9.88. The topological polar surface area (TPSA) is 102 Å². The molecule has 33 heavy (non-hydrogen) atoms. The maximum Gasteiger partial charge on any atom is 0.265 e.